The van der Waals surface area contributed by atoms with Crippen molar-refractivity contribution in [3.63, 3.8) is 0 Å². The Bertz CT molecular complexity index is 1430. The molecule has 5 heterocycles. The summed E-state index contributed by atoms with van der Waals surface area (Å²) in [6.07, 6.45) is 5.31. The van der Waals surface area contributed by atoms with Gasteiger partial charge in [-0.05, 0) is 51.0 Å². The van der Waals surface area contributed by atoms with Crippen LogP contribution in [0.25, 0.3) is 22.0 Å². The molecule has 4 aromatic rings. The van der Waals surface area contributed by atoms with Crippen LogP contribution in [-0.2, 0) is 17.8 Å². The van der Waals surface area contributed by atoms with Gasteiger partial charge in [0, 0.05) is 60.3 Å². The number of anilines is 3. The van der Waals surface area contributed by atoms with Gasteiger partial charge in [-0.1, -0.05) is 0 Å². The van der Waals surface area contributed by atoms with Crippen molar-refractivity contribution in [3.05, 3.63) is 47.5 Å². The van der Waals surface area contributed by atoms with E-state index in [1.807, 2.05) is 45.5 Å². The Morgan fingerprint density at radius 1 is 1.17 bits per heavy atom. The second kappa shape index (κ2) is 9.90. The van der Waals surface area contributed by atoms with Gasteiger partial charge in [-0.15, -0.1) is 0 Å². The average molecular weight is 487 g/mol. The second-order valence-electron chi connectivity index (χ2n) is 9.18. The standard InChI is InChI=1S/C26H30N8O2/c1-16-20(14-29-26-25(16)27-6-10-36-26)22-11-18-12-23(28-15-21(18)17(2)30-22)31-24-13-19(5-7-33(3)4)34(32-24)8-9-35/h9,11-15,27H,5-8,10H2,1-4H3,(H,28,31,32). The summed E-state index contributed by atoms with van der Waals surface area (Å²) < 4.78 is 7.41. The normalized spacial score (nSPS) is 12.8. The predicted molar refractivity (Wildman–Crippen MR) is 140 cm³/mol. The molecular formula is C26H30N8O2. The quantitative estimate of drug-likeness (QED) is 0.362. The summed E-state index contributed by atoms with van der Waals surface area (Å²) in [4.78, 5) is 27.2. The SMILES string of the molecule is Cc1c(-c2cc3cc(Nc4cc(CCN(C)C)n(CC=O)n4)ncc3c(C)n2)cnc2c1NCCO2. The van der Waals surface area contributed by atoms with Gasteiger partial charge in [0.1, 0.15) is 24.4 Å². The first kappa shape index (κ1) is 23.7. The number of carbonyl (C=O) groups excluding carboxylic acids is 1. The summed E-state index contributed by atoms with van der Waals surface area (Å²) in [6, 6.07) is 6.02. The van der Waals surface area contributed by atoms with Crippen LogP contribution in [0.1, 0.15) is 17.0 Å². The number of aryl methyl sites for hydroxylation is 1. The Hall–Kier alpha value is -4.05. The third-order valence-corrected chi connectivity index (χ3v) is 6.31. The molecule has 0 aliphatic carbocycles. The van der Waals surface area contributed by atoms with Crippen molar-refractivity contribution >= 4 is 34.4 Å². The van der Waals surface area contributed by atoms with E-state index < -0.39 is 0 Å². The molecule has 5 rings (SSSR count). The zero-order valence-corrected chi connectivity index (χ0v) is 21.0. The minimum atomic E-state index is 0.220. The molecule has 10 nitrogen and oxygen atoms in total. The molecule has 1 aliphatic rings. The van der Waals surface area contributed by atoms with Crippen LogP contribution in [0.5, 0.6) is 5.88 Å². The Labute approximate surface area is 209 Å². The monoisotopic (exact) mass is 486 g/mol. The maximum absolute atomic E-state index is 11.1. The van der Waals surface area contributed by atoms with Crippen molar-refractivity contribution in [3.8, 4) is 17.1 Å². The Morgan fingerprint density at radius 2 is 2.03 bits per heavy atom. The average Bonchev–Trinajstić information content (AvgIpc) is 3.24. The summed E-state index contributed by atoms with van der Waals surface area (Å²) in [6.45, 7) is 6.50. The molecule has 4 aromatic heterocycles. The molecule has 0 saturated carbocycles. The first-order chi connectivity index (χ1) is 17.4. The van der Waals surface area contributed by atoms with E-state index >= 15 is 0 Å². The Balaban J connectivity index is 1.47. The van der Waals surface area contributed by atoms with Crippen LogP contribution < -0.4 is 15.4 Å². The second-order valence-corrected chi connectivity index (χ2v) is 9.18. The van der Waals surface area contributed by atoms with Crippen LogP contribution >= 0.6 is 0 Å². The summed E-state index contributed by atoms with van der Waals surface area (Å²) in [5, 5.41) is 13.2. The maximum atomic E-state index is 11.1. The van der Waals surface area contributed by atoms with Crippen molar-refractivity contribution in [2.24, 2.45) is 0 Å². The van der Waals surface area contributed by atoms with E-state index in [1.165, 1.54) is 0 Å². The van der Waals surface area contributed by atoms with Crippen molar-refractivity contribution < 1.29 is 9.53 Å². The molecule has 186 valence electrons. The van der Waals surface area contributed by atoms with E-state index in [2.05, 4.69) is 43.6 Å². The fraction of sp³-hybridized carbons (Fsp3) is 0.346. The van der Waals surface area contributed by atoms with Crippen LogP contribution in [0.2, 0.25) is 0 Å². The van der Waals surface area contributed by atoms with E-state index in [4.69, 9.17) is 9.72 Å². The summed E-state index contributed by atoms with van der Waals surface area (Å²) >= 11 is 0. The third-order valence-electron chi connectivity index (χ3n) is 6.31. The topological polar surface area (TPSA) is 110 Å². The molecule has 0 fully saturated rings. The number of ether oxygens (including phenoxy) is 1. The highest BCUT2D eigenvalue weighted by Crippen LogP contribution is 2.36. The third kappa shape index (κ3) is 4.72. The van der Waals surface area contributed by atoms with Gasteiger partial charge in [0.15, 0.2) is 5.82 Å². The van der Waals surface area contributed by atoms with E-state index in [0.717, 1.165) is 70.5 Å². The van der Waals surface area contributed by atoms with Gasteiger partial charge < -0.3 is 25.1 Å². The van der Waals surface area contributed by atoms with Gasteiger partial charge >= 0.3 is 0 Å². The molecule has 2 N–H and O–H groups in total. The van der Waals surface area contributed by atoms with Gasteiger partial charge in [0.25, 0.3) is 0 Å². The molecule has 0 atom stereocenters. The van der Waals surface area contributed by atoms with E-state index in [-0.39, 0.29) is 6.54 Å². The van der Waals surface area contributed by atoms with Gasteiger partial charge in [0.05, 0.1) is 12.2 Å². The number of nitrogens with zero attached hydrogens (tertiary/aromatic N) is 6. The minimum absolute atomic E-state index is 0.220. The first-order valence-electron chi connectivity index (χ1n) is 12.0. The number of rotatable bonds is 8. The van der Waals surface area contributed by atoms with Gasteiger partial charge in [-0.3, -0.25) is 9.67 Å². The summed E-state index contributed by atoms with van der Waals surface area (Å²) in [5.74, 6) is 1.96. The summed E-state index contributed by atoms with van der Waals surface area (Å²) in [7, 11) is 4.05. The van der Waals surface area contributed by atoms with Gasteiger partial charge in [-0.25, -0.2) is 9.97 Å². The van der Waals surface area contributed by atoms with Crippen molar-refractivity contribution in [1.82, 2.24) is 29.6 Å². The van der Waals surface area contributed by atoms with E-state index in [1.54, 1.807) is 4.68 Å². The lowest BCUT2D eigenvalue weighted by molar-refractivity contribution is -0.108. The number of carbonyl (C=O) groups is 1. The molecule has 0 amide bonds. The van der Waals surface area contributed by atoms with Crippen LogP contribution in [0.4, 0.5) is 17.3 Å². The van der Waals surface area contributed by atoms with Gasteiger partial charge in [-0.2, -0.15) is 5.10 Å². The summed E-state index contributed by atoms with van der Waals surface area (Å²) in [5.41, 5.74) is 5.67. The number of aromatic nitrogens is 5. The predicted octanol–water partition coefficient (Wildman–Crippen LogP) is 3.36. The number of hydrogen-bond donors (Lipinski definition) is 2. The number of nitrogens with one attached hydrogen (secondary N) is 2. The zero-order chi connectivity index (χ0) is 25.2. The number of hydrogen-bond acceptors (Lipinski definition) is 9. The maximum Gasteiger partial charge on any atom is 0.237 e. The number of fused-ring (bicyclic) bond motifs is 2. The van der Waals surface area contributed by atoms with Crippen LogP contribution in [0.3, 0.4) is 0 Å². The first-order valence-corrected chi connectivity index (χ1v) is 12.0. The molecule has 0 saturated heterocycles. The number of likely N-dealkylation sites (N-methyl/N-ethyl adjacent to an activating group) is 1. The Kier molecular flexibility index (Phi) is 6.51. The van der Waals surface area contributed by atoms with E-state index in [9.17, 15) is 4.79 Å². The molecule has 0 unspecified atom stereocenters. The molecular weight excluding hydrogens is 456 g/mol. The molecule has 10 heteroatoms. The fourth-order valence-electron chi connectivity index (χ4n) is 4.41. The number of aldehydes is 1. The highest BCUT2D eigenvalue weighted by Gasteiger charge is 2.18. The highest BCUT2D eigenvalue weighted by molar-refractivity contribution is 5.90. The van der Waals surface area contributed by atoms with Crippen molar-refractivity contribution in [2.45, 2.75) is 26.8 Å². The smallest absolute Gasteiger partial charge is 0.237 e. The van der Waals surface area contributed by atoms with Gasteiger partial charge in [0.2, 0.25) is 5.88 Å². The lowest BCUT2D eigenvalue weighted by Crippen LogP contribution is -2.20. The highest BCUT2D eigenvalue weighted by atomic mass is 16.5. The van der Waals surface area contributed by atoms with Crippen molar-refractivity contribution in [2.75, 3.05) is 44.4 Å². The fourth-order valence-corrected chi connectivity index (χ4v) is 4.41. The molecule has 0 aromatic carbocycles. The molecule has 1 aliphatic heterocycles. The molecule has 0 bridgehead atoms. The zero-order valence-electron chi connectivity index (χ0n) is 21.0. The van der Waals surface area contributed by atoms with Crippen LogP contribution in [0, 0.1) is 13.8 Å². The largest absolute Gasteiger partial charge is 0.474 e. The molecule has 0 radical (unpaired) electrons. The Morgan fingerprint density at radius 3 is 2.83 bits per heavy atom. The number of pyridine rings is 3. The molecule has 36 heavy (non-hydrogen) atoms. The van der Waals surface area contributed by atoms with Crippen LogP contribution in [-0.4, -0.2) is 69.7 Å². The lowest BCUT2D eigenvalue weighted by Gasteiger charge is -2.21. The van der Waals surface area contributed by atoms with Crippen molar-refractivity contribution in [1.29, 1.82) is 0 Å². The van der Waals surface area contributed by atoms with Crippen LogP contribution in [0.15, 0.2) is 30.6 Å². The minimum Gasteiger partial charge on any atom is -0.474 e. The lowest BCUT2D eigenvalue weighted by atomic mass is 10.0. The van der Waals surface area contributed by atoms with E-state index in [0.29, 0.717) is 24.1 Å². The molecule has 0 spiro atoms.